The van der Waals surface area contributed by atoms with Gasteiger partial charge in [0.2, 0.25) is 5.91 Å². The van der Waals surface area contributed by atoms with Crippen LogP contribution in [-0.4, -0.2) is 53.3 Å². The van der Waals surface area contributed by atoms with Gasteiger partial charge in [0.1, 0.15) is 11.6 Å². The third kappa shape index (κ3) is 7.13. The van der Waals surface area contributed by atoms with Gasteiger partial charge in [0.15, 0.2) is 6.10 Å². The van der Waals surface area contributed by atoms with E-state index in [-0.39, 0.29) is 5.91 Å². The summed E-state index contributed by atoms with van der Waals surface area (Å²) in [6.45, 7) is 11.0. The molecule has 0 aromatic rings. The van der Waals surface area contributed by atoms with Crippen LogP contribution in [0.5, 0.6) is 0 Å². The molecule has 142 valence electrons. The van der Waals surface area contributed by atoms with Crippen LogP contribution in [0.25, 0.3) is 0 Å². The number of nitrogens with one attached hydrogen (secondary N) is 3. The van der Waals surface area contributed by atoms with E-state index >= 15 is 0 Å². The smallest absolute Gasteiger partial charge is 0.408 e. The van der Waals surface area contributed by atoms with E-state index in [1.807, 2.05) is 0 Å². The van der Waals surface area contributed by atoms with Crippen molar-refractivity contribution in [2.24, 2.45) is 0 Å². The molecule has 3 atom stereocenters. The predicted octanol–water partition coefficient (Wildman–Crippen LogP) is 0.602. The van der Waals surface area contributed by atoms with Gasteiger partial charge in [0, 0.05) is 6.54 Å². The van der Waals surface area contributed by atoms with Crippen molar-refractivity contribution in [1.29, 1.82) is 0 Å². The van der Waals surface area contributed by atoms with Gasteiger partial charge in [-0.15, -0.1) is 0 Å². The zero-order chi connectivity index (χ0) is 19.2. The number of alkyl carbamates (subject to hydrolysis) is 1. The zero-order valence-electron chi connectivity index (χ0n) is 15.3. The van der Waals surface area contributed by atoms with Crippen molar-refractivity contribution in [3.05, 3.63) is 12.2 Å². The van der Waals surface area contributed by atoms with Crippen LogP contribution >= 0.6 is 0 Å². The molecule has 4 N–H and O–H groups in total. The fraction of sp³-hybridized carbons (Fsp3) is 0.706. The Kier molecular flexibility index (Phi) is 7.41. The maximum Gasteiger partial charge on any atom is 0.408 e. The van der Waals surface area contributed by atoms with E-state index in [4.69, 9.17) is 4.74 Å². The number of hydrogen-bond donors (Lipinski definition) is 4. The minimum atomic E-state index is -1.58. The first-order valence-electron chi connectivity index (χ1n) is 8.42. The molecule has 0 radical (unpaired) electrons. The van der Waals surface area contributed by atoms with Crippen molar-refractivity contribution in [3.8, 4) is 0 Å². The summed E-state index contributed by atoms with van der Waals surface area (Å²) in [6, 6.07) is -1.72. The zero-order valence-corrected chi connectivity index (χ0v) is 15.3. The highest BCUT2D eigenvalue weighted by Crippen LogP contribution is 2.11. The molecule has 0 aromatic heterocycles. The number of aliphatic hydroxyl groups excluding tert-OH is 1. The molecule has 0 unspecified atom stereocenters. The van der Waals surface area contributed by atoms with Gasteiger partial charge in [-0.1, -0.05) is 12.2 Å². The van der Waals surface area contributed by atoms with Crippen LogP contribution in [-0.2, 0) is 14.3 Å². The normalized spacial score (nSPS) is 20.5. The maximum atomic E-state index is 12.3. The largest absolute Gasteiger partial charge is 0.444 e. The second-order valence-corrected chi connectivity index (χ2v) is 7.26. The maximum absolute atomic E-state index is 12.3. The second-order valence-electron chi connectivity index (χ2n) is 7.26. The highest BCUT2D eigenvalue weighted by Gasteiger charge is 2.32. The summed E-state index contributed by atoms with van der Waals surface area (Å²) in [4.78, 5) is 36.1. The number of carbonyl (C=O) groups excluding carboxylic acids is 3. The molecule has 0 bridgehead atoms. The molecule has 8 nitrogen and oxygen atoms in total. The Balaban J connectivity index is 2.72. The van der Waals surface area contributed by atoms with Gasteiger partial charge < -0.3 is 25.8 Å². The number of carbonyl (C=O) groups is 3. The lowest BCUT2D eigenvalue weighted by Crippen LogP contribution is -2.55. The van der Waals surface area contributed by atoms with Crippen molar-refractivity contribution in [3.63, 3.8) is 0 Å². The number of hydrogen-bond acceptors (Lipinski definition) is 5. The molecule has 0 spiro atoms. The molecule has 1 aliphatic rings. The van der Waals surface area contributed by atoms with Gasteiger partial charge >= 0.3 is 6.09 Å². The minimum Gasteiger partial charge on any atom is -0.444 e. The fourth-order valence-corrected chi connectivity index (χ4v) is 2.39. The van der Waals surface area contributed by atoms with Gasteiger partial charge in [-0.25, -0.2) is 4.79 Å². The van der Waals surface area contributed by atoms with Crippen molar-refractivity contribution in [2.45, 2.75) is 70.7 Å². The number of amides is 3. The molecule has 1 aliphatic heterocycles. The molecule has 8 heteroatoms. The van der Waals surface area contributed by atoms with E-state index in [1.54, 1.807) is 27.7 Å². The molecule has 0 aliphatic carbocycles. The van der Waals surface area contributed by atoms with Crippen molar-refractivity contribution in [2.75, 3.05) is 6.54 Å². The van der Waals surface area contributed by atoms with Gasteiger partial charge in [0.25, 0.3) is 5.91 Å². The van der Waals surface area contributed by atoms with E-state index in [0.717, 1.165) is 12.8 Å². The molecule has 1 rings (SSSR count). The summed E-state index contributed by atoms with van der Waals surface area (Å²) in [6.07, 6.45) is -0.211. The number of ether oxygens (including phenoxy) is 1. The minimum absolute atomic E-state index is 0.273. The number of rotatable bonds is 5. The predicted molar refractivity (Wildman–Crippen MR) is 92.8 cm³/mol. The first-order valence-corrected chi connectivity index (χ1v) is 8.42. The molecule has 25 heavy (non-hydrogen) atoms. The first kappa shape index (κ1) is 21.0. The summed E-state index contributed by atoms with van der Waals surface area (Å²) in [5.41, 5.74) is -0.325. The van der Waals surface area contributed by atoms with Gasteiger partial charge in [-0.3, -0.25) is 9.59 Å². The molecule has 0 aromatic carbocycles. The van der Waals surface area contributed by atoms with Gasteiger partial charge in [0.05, 0.1) is 6.04 Å². The lowest BCUT2D eigenvalue weighted by atomic mass is 10.0. The second kappa shape index (κ2) is 8.84. The van der Waals surface area contributed by atoms with E-state index in [2.05, 4.69) is 22.5 Å². The lowest BCUT2D eigenvalue weighted by molar-refractivity contribution is -0.134. The summed E-state index contributed by atoms with van der Waals surface area (Å²) in [5, 5.41) is 18.0. The average molecular weight is 355 g/mol. The van der Waals surface area contributed by atoms with Crippen molar-refractivity contribution in [1.82, 2.24) is 16.0 Å². The monoisotopic (exact) mass is 355 g/mol. The molecule has 1 fully saturated rings. The van der Waals surface area contributed by atoms with Crippen molar-refractivity contribution < 1.29 is 24.2 Å². The van der Waals surface area contributed by atoms with Crippen LogP contribution in [0.2, 0.25) is 0 Å². The molecule has 3 amide bonds. The number of aliphatic hydroxyl groups is 1. The SMILES string of the molecule is C=C(C)[C@H](NC(=O)OC(C)(C)C)[C@@H](O)C(=O)N[C@H]1CCCCNC1=O. The average Bonchev–Trinajstić information content (AvgIpc) is 2.67. The Morgan fingerprint density at radius 3 is 2.56 bits per heavy atom. The van der Waals surface area contributed by atoms with Gasteiger partial charge in [-0.2, -0.15) is 0 Å². The third-order valence-corrected chi connectivity index (χ3v) is 3.64. The van der Waals surface area contributed by atoms with E-state index < -0.39 is 35.8 Å². The van der Waals surface area contributed by atoms with Crippen LogP contribution < -0.4 is 16.0 Å². The Morgan fingerprint density at radius 2 is 2.00 bits per heavy atom. The molecule has 1 heterocycles. The summed E-state index contributed by atoms with van der Waals surface area (Å²) >= 11 is 0. The van der Waals surface area contributed by atoms with Crippen LogP contribution in [0.1, 0.15) is 47.0 Å². The van der Waals surface area contributed by atoms with Crippen LogP contribution in [0, 0.1) is 0 Å². The first-order chi connectivity index (χ1) is 11.5. The van der Waals surface area contributed by atoms with E-state index in [1.165, 1.54) is 0 Å². The Labute approximate surface area is 148 Å². The Morgan fingerprint density at radius 1 is 1.36 bits per heavy atom. The summed E-state index contributed by atoms with van der Waals surface area (Å²) in [5.74, 6) is -1.02. The van der Waals surface area contributed by atoms with Crippen LogP contribution in [0.3, 0.4) is 0 Å². The van der Waals surface area contributed by atoms with E-state index in [0.29, 0.717) is 18.5 Å². The highest BCUT2D eigenvalue weighted by molar-refractivity contribution is 5.90. The highest BCUT2D eigenvalue weighted by atomic mass is 16.6. The van der Waals surface area contributed by atoms with Gasteiger partial charge in [-0.05, 0) is 47.0 Å². The standard InChI is InChI=1S/C17H29N3O5/c1-10(2)12(20-16(24)25-17(3,4)5)13(21)15(23)19-11-8-6-7-9-18-14(11)22/h11-13,21H,1,6-9H2,2-5H3,(H,18,22)(H,19,23)(H,20,24)/t11-,12-,13+/m0/s1. The summed E-state index contributed by atoms with van der Waals surface area (Å²) < 4.78 is 5.13. The molecular weight excluding hydrogens is 326 g/mol. The molecule has 1 saturated heterocycles. The quantitative estimate of drug-likeness (QED) is 0.539. The van der Waals surface area contributed by atoms with Crippen LogP contribution in [0.15, 0.2) is 12.2 Å². The Bertz CT molecular complexity index is 527. The van der Waals surface area contributed by atoms with Crippen LogP contribution in [0.4, 0.5) is 4.79 Å². The van der Waals surface area contributed by atoms with E-state index in [9.17, 15) is 19.5 Å². The lowest BCUT2D eigenvalue weighted by Gasteiger charge is -2.27. The molecular formula is C17H29N3O5. The summed E-state index contributed by atoms with van der Waals surface area (Å²) in [7, 11) is 0. The molecule has 0 saturated carbocycles. The van der Waals surface area contributed by atoms with Crippen molar-refractivity contribution >= 4 is 17.9 Å². The Hall–Kier alpha value is -2.09. The third-order valence-electron chi connectivity index (χ3n) is 3.64. The fourth-order valence-electron chi connectivity index (χ4n) is 2.39. The topological polar surface area (TPSA) is 117 Å².